The Morgan fingerprint density at radius 2 is 1.78 bits per heavy atom. The van der Waals surface area contributed by atoms with Crippen LogP contribution in [0.5, 0.6) is 0 Å². The summed E-state index contributed by atoms with van der Waals surface area (Å²) in [4.78, 5) is 25.2. The smallest absolute Gasteiger partial charge is 0.407 e. The first kappa shape index (κ1) is 18.0. The van der Waals surface area contributed by atoms with Gasteiger partial charge in [0, 0.05) is 38.6 Å². The molecule has 23 heavy (non-hydrogen) atoms. The number of ether oxygens (including phenoxy) is 1. The molecule has 1 aliphatic heterocycles. The molecule has 1 saturated heterocycles. The largest absolute Gasteiger partial charge is 0.444 e. The first-order valence-corrected chi connectivity index (χ1v) is 8.73. The standard InChI is InChI=1S/C17H31N3O3/c1-12(21)20-9-7-14(8-10-20)18-11-15(13-5-6-13)19-16(22)23-17(2,3)4/h13-15,18H,5-11H2,1-4H3,(H,19,22). The maximum atomic E-state index is 12.0. The molecule has 6 nitrogen and oxygen atoms in total. The van der Waals surface area contributed by atoms with Gasteiger partial charge in [-0.15, -0.1) is 0 Å². The zero-order valence-corrected chi connectivity index (χ0v) is 14.9. The predicted molar refractivity (Wildman–Crippen MR) is 89.2 cm³/mol. The Morgan fingerprint density at radius 3 is 2.26 bits per heavy atom. The maximum absolute atomic E-state index is 12.0. The molecule has 1 heterocycles. The number of piperidine rings is 1. The third kappa shape index (κ3) is 6.37. The average Bonchev–Trinajstić information content (AvgIpc) is 3.26. The van der Waals surface area contributed by atoms with Crippen molar-refractivity contribution in [3.8, 4) is 0 Å². The Balaban J connectivity index is 1.73. The van der Waals surface area contributed by atoms with Crippen LogP contribution in [0.25, 0.3) is 0 Å². The first-order chi connectivity index (χ1) is 10.7. The molecule has 2 amide bonds. The number of alkyl carbamates (subject to hydrolysis) is 1. The lowest BCUT2D eigenvalue weighted by Gasteiger charge is -2.33. The molecule has 1 unspecified atom stereocenters. The highest BCUT2D eigenvalue weighted by Gasteiger charge is 2.34. The molecule has 2 N–H and O–H groups in total. The number of hydrogen-bond acceptors (Lipinski definition) is 4. The van der Waals surface area contributed by atoms with E-state index in [9.17, 15) is 9.59 Å². The molecule has 0 spiro atoms. The number of rotatable bonds is 5. The molecule has 132 valence electrons. The lowest BCUT2D eigenvalue weighted by molar-refractivity contribution is -0.129. The van der Waals surface area contributed by atoms with E-state index in [1.54, 1.807) is 6.92 Å². The third-order valence-corrected chi connectivity index (χ3v) is 4.46. The number of carbonyl (C=O) groups is 2. The van der Waals surface area contributed by atoms with Gasteiger partial charge in [0.1, 0.15) is 5.60 Å². The molecule has 2 aliphatic rings. The molecule has 1 aliphatic carbocycles. The second kappa shape index (κ2) is 7.51. The molecule has 0 aromatic carbocycles. The number of amides is 2. The van der Waals surface area contributed by atoms with Gasteiger partial charge in [0.25, 0.3) is 0 Å². The SMILES string of the molecule is CC(=O)N1CCC(NCC(NC(=O)OC(C)(C)C)C2CC2)CC1. The number of nitrogens with zero attached hydrogens (tertiary/aromatic N) is 1. The number of carbonyl (C=O) groups excluding carboxylic acids is 2. The molecule has 1 atom stereocenters. The van der Waals surface area contributed by atoms with Gasteiger partial charge in [0.15, 0.2) is 0 Å². The van der Waals surface area contributed by atoms with Crippen molar-refractivity contribution in [3.63, 3.8) is 0 Å². The van der Waals surface area contributed by atoms with Gasteiger partial charge < -0.3 is 20.3 Å². The van der Waals surface area contributed by atoms with E-state index in [0.717, 1.165) is 32.5 Å². The fourth-order valence-electron chi connectivity index (χ4n) is 2.99. The summed E-state index contributed by atoms with van der Waals surface area (Å²) in [6.45, 7) is 9.66. The fourth-order valence-corrected chi connectivity index (χ4v) is 2.99. The Bertz CT molecular complexity index is 421. The van der Waals surface area contributed by atoms with Gasteiger partial charge in [-0.3, -0.25) is 4.79 Å². The van der Waals surface area contributed by atoms with Crippen molar-refractivity contribution < 1.29 is 14.3 Å². The minimum atomic E-state index is -0.467. The first-order valence-electron chi connectivity index (χ1n) is 8.73. The summed E-state index contributed by atoms with van der Waals surface area (Å²) < 4.78 is 5.36. The summed E-state index contributed by atoms with van der Waals surface area (Å²) in [5.74, 6) is 0.721. The summed E-state index contributed by atoms with van der Waals surface area (Å²) in [6.07, 6.45) is 3.96. The maximum Gasteiger partial charge on any atom is 0.407 e. The predicted octanol–water partition coefficient (Wildman–Crippen LogP) is 1.89. The van der Waals surface area contributed by atoms with E-state index in [1.165, 1.54) is 12.8 Å². The van der Waals surface area contributed by atoms with Crippen molar-refractivity contribution in [2.24, 2.45) is 5.92 Å². The summed E-state index contributed by atoms with van der Waals surface area (Å²) in [5, 5.41) is 6.58. The van der Waals surface area contributed by atoms with Crippen LogP contribution in [0.2, 0.25) is 0 Å². The molecular weight excluding hydrogens is 294 g/mol. The van der Waals surface area contributed by atoms with E-state index in [-0.39, 0.29) is 18.0 Å². The van der Waals surface area contributed by atoms with E-state index >= 15 is 0 Å². The van der Waals surface area contributed by atoms with Crippen LogP contribution in [0, 0.1) is 5.92 Å². The highest BCUT2D eigenvalue weighted by molar-refractivity contribution is 5.73. The molecular formula is C17H31N3O3. The molecule has 2 fully saturated rings. The summed E-state index contributed by atoms with van der Waals surface area (Å²) in [6, 6.07) is 0.558. The summed E-state index contributed by atoms with van der Waals surface area (Å²) in [7, 11) is 0. The van der Waals surface area contributed by atoms with Crippen LogP contribution in [0.15, 0.2) is 0 Å². The van der Waals surface area contributed by atoms with Gasteiger partial charge >= 0.3 is 6.09 Å². The van der Waals surface area contributed by atoms with Crippen LogP contribution in [0.1, 0.15) is 53.4 Å². The molecule has 0 bridgehead atoms. The van der Waals surface area contributed by atoms with E-state index in [4.69, 9.17) is 4.74 Å². The number of hydrogen-bond donors (Lipinski definition) is 2. The van der Waals surface area contributed by atoms with Crippen molar-refractivity contribution in [2.75, 3.05) is 19.6 Å². The second-order valence-corrected chi connectivity index (χ2v) is 7.78. The zero-order valence-electron chi connectivity index (χ0n) is 14.9. The molecule has 0 radical (unpaired) electrons. The Labute approximate surface area is 139 Å². The minimum Gasteiger partial charge on any atom is -0.444 e. The van der Waals surface area contributed by atoms with Crippen molar-refractivity contribution in [2.45, 2.75) is 71.1 Å². The van der Waals surface area contributed by atoms with Gasteiger partial charge in [-0.1, -0.05) is 0 Å². The van der Waals surface area contributed by atoms with Crippen LogP contribution in [0.4, 0.5) is 4.79 Å². The highest BCUT2D eigenvalue weighted by atomic mass is 16.6. The lowest BCUT2D eigenvalue weighted by Crippen LogP contribution is -2.50. The van der Waals surface area contributed by atoms with Gasteiger partial charge in [0.05, 0.1) is 0 Å². The third-order valence-electron chi connectivity index (χ3n) is 4.46. The zero-order chi connectivity index (χ0) is 17.0. The lowest BCUT2D eigenvalue weighted by atomic mass is 10.0. The minimum absolute atomic E-state index is 0.135. The molecule has 1 saturated carbocycles. The quantitative estimate of drug-likeness (QED) is 0.810. The summed E-state index contributed by atoms with van der Waals surface area (Å²) in [5.41, 5.74) is -0.467. The van der Waals surface area contributed by atoms with E-state index in [1.807, 2.05) is 25.7 Å². The van der Waals surface area contributed by atoms with Gasteiger partial charge in [-0.05, 0) is 52.4 Å². The number of likely N-dealkylation sites (tertiary alicyclic amines) is 1. The van der Waals surface area contributed by atoms with Crippen LogP contribution < -0.4 is 10.6 Å². The fraction of sp³-hybridized carbons (Fsp3) is 0.882. The molecule has 2 rings (SSSR count). The van der Waals surface area contributed by atoms with Crippen LogP contribution in [0.3, 0.4) is 0 Å². The Morgan fingerprint density at radius 1 is 1.17 bits per heavy atom. The van der Waals surface area contributed by atoms with Crippen molar-refractivity contribution >= 4 is 12.0 Å². The average molecular weight is 325 g/mol. The van der Waals surface area contributed by atoms with E-state index in [0.29, 0.717) is 12.0 Å². The van der Waals surface area contributed by atoms with Crippen LogP contribution in [-0.4, -0.2) is 54.2 Å². The van der Waals surface area contributed by atoms with Crippen molar-refractivity contribution in [3.05, 3.63) is 0 Å². The van der Waals surface area contributed by atoms with Crippen LogP contribution in [-0.2, 0) is 9.53 Å². The van der Waals surface area contributed by atoms with Crippen molar-refractivity contribution in [1.29, 1.82) is 0 Å². The normalized spacial score (nSPS) is 21.0. The van der Waals surface area contributed by atoms with Crippen molar-refractivity contribution in [1.82, 2.24) is 15.5 Å². The Kier molecular flexibility index (Phi) is 5.89. The molecule has 6 heteroatoms. The molecule has 0 aromatic rings. The molecule has 0 aromatic heterocycles. The highest BCUT2D eigenvalue weighted by Crippen LogP contribution is 2.32. The number of nitrogens with one attached hydrogen (secondary N) is 2. The van der Waals surface area contributed by atoms with Gasteiger partial charge in [-0.25, -0.2) is 4.79 Å². The van der Waals surface area contributed by atoms with Gasteiger partial charge in [-0.2, -0.15) is 0 Å². The van der Waals surface area contributed by atoms with E-state index in [2.05, 4.69) is 10.6 Å². The van der Waals surface area contributed by atoms with Crippen LogP contribution >= 0.6 is 0 Å². The second-order valence-electron chi connectivity index (χ2n) is 7.78. The monoisotopic (exact) mass is 325 g/mol. The summed E-state index contributed by atoms with van der Waals surface area (Å²) >= 11 is 0. The topological polar surface area (TPSA) is 70.7 Å². The van der Waals surface area contributed by atoms with E-state index < -0.39 is 5.60 Å². The Hall–Kier alpha value is -1.30. The van der Waals surface area contributed by atoms with Gasteiger partial charge in [0.2, 0.25) is 5.91 Å².